The van der Waals surface area contributed by atoms with E-state index in [4.69, 9.17) is 6.42 Å². The third kappa shape index (κ3) is 3.18. The molecule has 0 bridgehead atoms. The summed E-state index contributed by atoms with van der Waals surface area (Å²) in [7, 11) is -3.44. The van der Waals surface area contributed by atoms with Crippen molar-refractivity contribution in [1.82, 2.24) is 4.72 Å². The molecule has 2 unspecified atom stereocenters. The van der Waals surface area contributed by atoms with E-state index >= 15 is 0 Å². The normalized spacial score (nSPS) is 30.8. The lowest BCUT2D eigenvalue weighted by atomic mass is 9.91. The van der Waals surface area contributed by atoms with Crippen LogP contribution in [0.15, 0.2) is 23.8 Å². The van der Waals surface area contributed by atoms with Gasteiger partial charge < -0.3 is 0 Å². The van der Waals surface area contributed by atoms with Crippen LogP contribution >= 0.6 is 0 Å². The smallest absolute Gasteiger partial charge is 0.209 e. The first-order chi connectivity index (χ1) is 6.74. The van der Waals surface area contributed by atoms with E-state index in [0.29, 0.717) is 5.57 Å². The highest BCUT2D eigenvalue weighted by Gasteiger charge is 2.34. The van der Waals surface area contributed by atoms with E-state index in [1.807, 2.05) is 0 Å². The molecule has 0 radical (unpaired) electrons. The van der Waals surface area contributed by atoms with Gasteiger partial charge in [-0.3, -0.25) is 0 Å². The van der Waals surface area contributed by atoms with Crippen LogP contribution in [-0.2, 0) is 10.0 Å². The van der Waals surface area contributed by atoms with Crippen LogP contribution in [-0.4, -0.2) is 26.4 Å². The maximum atomic E-state index is 14.0. The molecule has 0 amide bonds. The van der Waals surface area contributed by atoms with Crippen molar-refractivity contribution in [3.05, 3.63) is 23.8 Å². The highest BCUT2D eigenvalue weighted by atomic mass is 32.2. The van der Waals surface area contributed by atoms with Crippen LogP contribution in [0.5, 0.6) is 0 Å². The predicted octanol–water partition coefficient (Wildman–Crippen LogP) is 0.762. The summed E-state index contributed by atoms with van der Waals surface area (Å²) in [5.41, 5.74) is -1.40. The van der Waals surface area contributed by atoms with Crippen molar-refractivity contribution >= 4 is 10.0 Å². The minimum Gasteiger partial charge on any atom is -0.237 e. The summed E-state index contributed by atoms with van der Waals surface area (Å²) in [4.78, 5) is 0. The molecule has 0 fully saturated rings. The Morgan fingerprint density at radius 2 is 2.27 bits per heavy atom. The molecular formula is C10H12FNO2S. The average molecular weight is 229 g/mol. The zero-order chi connectivity index (χ0) is 11.7. The van der Waals surface area contributed by atoms with Crippen molar-refractivity contribution in [1.29, 1.82) is 0 Å². The number of alkyl halides is 1. The quantitative estimate of drug-likeness (QED) is 0.711. The van der Waals surface area contributed by atoms with Crippen molar-refractivity contribution in [3.63, 3.8) is 0 Å². The second-order valence-electron chi connectivity index (χ2n) is 3.62. The van der Waals surface area contributed by atoms with Crippen molar-refractivity contribution in [3.8, 4) is 12.3 Å². The fourth-order valence-electron chi connectivity index (χ4n) is 1.30. The van der Waals surface area contributed by atoms with E-state index in [1.54, 1.807) is 0 Å². The molecule has 0 saturated heterocycles. The average Bonchev–Trinajstić information content (AvgIpc) is 2.06. The molecular weight excluding hydrogens is 217 g/mol. The Hall–Kier alpha value is -1.12. The van der Waals surface area contributed by atoms with Gasteiger partial charge in [-0.25, -0.2) is 17.5 Å². The molecule has 0 aliphatic heterocycles. The van der Waals surface area contributed by atoms with Crippen LogP contribution in [0.4, 0.5) is 4.39 Å². The lowest BCUT2D eigenvalue weighted by Gasteiger charge is -2.28. The standard InChI is InChI=1S/C10H12FNO2S/c1-4-8-5-6-9(10(2,11)7-8)12-15(3,13)14/h1,5-7,9,12H,2-3H3. The monoisotopic (exact) mass is 229 g/mol. The van der Waals surface area contributed by atoms with Crippen LogP contribution < -0.4 is 4.72 Å². The van der Waals surface area contributed by atoms with Crippen LogP contribution in [0, 0.1) is 12.3 Å². The second-order valence-corrected chi connectivity index (χ2v) is 5.40. The Bertz CT molecular complexity index is 454. The Labute approximate surface area is 89.1 Å². The molecule has 5 heteroatoms. The summed E-state index contributed by atoms with van der Waals surface area (Å²) in [5, 5.41) is 0. The zero-order valence-corrected chi connectivity index (χ0v) is 9.31. The summed E-state index contributed by atoms with van der Waals surface area (Å²) in [6.45, 7) is 1.27. The maximum Gasteiger partial charge on any atom is 0.209 e. The topological polar surface area (TPSA) is 46.2 Å². The summed E-state index contributed by atoms with van der Waals surface area (Å²) in [6.07, 6.45) is 10.3. The molecule has 1 aliphatic rings. The Morgan fingerprint density at radius 3 is 2.67 bits per heavy atom. The van der Waals surface area contributed by atoms with Gasteiger partial charge >= 0.3 is 0 Å². The lowest BCUT2D eigenvalue weighted by molar-refractivity contribution is 0.221. The molecule has 82 valence electrons. The SMILES string of the molecule is C#CC1=CC(C)(F)C(NS(C)(=O)=O)C=C1. The van der Waals surface area contributed by atoms with E-state index in [9.17, 15) is 12.8 Å². The summed E-state index contributed by atoms with van der Waals surface area (Å²) in [6, 6.07) is -0.912. The summed E-state index contributed by atoms with van der Waals surface area (Å²) in [5.74, 6) is 2.30. The molecule has 1 N–H and O–H groups in total. The molecule has 0 aromatic carbocycles. The van der Waals surface area contributed by atoms with Gasteiger partial charge in [-0.15, -0.1) is 6.42 Å². The minimum atomic E-state index is -3.44. The largest absolute Gasteiger partial charge is 0.237 e. The van der Waals surface area contributed by atoms with E-state index < -0.39 is 21.7 Å². The first kappa shape index (κ1) is 12.0. The summed E-state index contributed by atoms with van der Waals surface area (Å²) < 4.78 is 38.1. The molecule has 0 saturated carbocycles. The third-order valence-electron chi connectivity index (χ3n) is 2.02. The van der Waals surface area contributed by atoms with Gasteiger partial charge in [0, 0.05) is 5.57 Å². The number of halogens is 1. The number of nitrogens with one attached hydrogen (secondary N) is 1. The highest BCUT2D eigenvalue weighted by Crippen LogP contribution is 2.25. The Morgan fingerprint density at radius 1 is 1.67 bits per heavy atom. The molecule has 15 heavy (non-hydrogen) atoms. The minimum absolute atomic E-state index is 0.409. The number of hydrogen-bond donors (Lipinski definition) is 1. The molecule has 1 rings (SSSR count). The van der Waals surface area contributed by atoms with Crippen molar-refractivity contribution in [2.75, 3.05) is 6.26 Å². The van der Waals surface area contributed by atoms with Gasteiger partial charge in [-0.05, 0) is 19.1 Å². The molecule has 0 spiro atoms. The molecule has 2 atom stereocenters. The number of terminal acetylenes is 1. The Kier molecular flexibility index (Phi) is 3.03. The fraction of sp³-hybridized carbons (Fsp3) is 0.400. The van der Waals surface area contributed by atoms with Gasteiger partial charge in [0.05, 0.1) is 12.3 Å². The number of hydrogen-bond acceptors (Lipinski definition) is 2. The fourth-order valence-corrected chi connectivity index (χ4v) is 2.08. The first-order valence-corrected chi connectivity index (χ1v) is 6.17. The van der Waals surface area contributed by atoms with Gasteiger partial charge in [-0.1, -0.05) is 12.0 Å². The van der Waals surface area contributed by atoms with Crippen LogP contribution in [0.1, 0.15) is 6.92 Å². The Balaban J connectivity index is 2.95. The molecule has 3 nitrogen and oxygen atoms in total. The number of allylic oxidation sites excluding steroid dienone is 2. The number of rotatable bonds is 2. The third-order valence-corrected chi connectivity index (χ3v) is 2.70. The van der Waals surface area contributed by atoms with Crippen molar-refractivity contribution in [2.24, 2.45) is 0 Å². The molecule has 1 aliphatic carbocycles. The maximum absolute atomic E-state index is 14.0. The van der Waals surface area contributed by atoms with Crippen LogP contribution in [0.25, 0.3) is 0 Å². The zero-order valence-electron chi connectivity index (χ0n) is 8.49. The van der Waals surface area contributed by atoms with Crippen molar-refractivity contribution < 1.29 is 12.8 Å². The first-order valence-electron chi connectivity index (χ1n) is 4.28. The van der Waals surface area contributed by atoms with Crippen LogP contribution in [0.3, 0.4) is 0 Å². The van der Waals surface area contributed by atoms with E-state index in [2.05, 4.69) is 10.6 Å². The number of sulfonamides is 1. The van der Waals surface area contributed by atoms with Gasteiger partial charge in [-0.2, -0.15) is 0 Å². The summed E-state index contributed by atoms with van der Waals surface area (Å²) >= 11 is 0. The predicted molar refractivity (Wildman–Crippen MR) is 57.3 cm³/mol. The lowest BCUT2D eigenvalue weighted by Crippen LogP contribution is -2.46. The highest BCUT2D eigenvalue weighted by molar-refractivity contribution is 7.88. The molecule has 0 aromatic heterocycles. The van der Waals surface area contributed by atoms with Gasteiger partial charge in [0.1, 0.15) is 5.67 Å². The van der Waals surface area contributed by atoms with E-state index in [-0.39, 0.29) is 0 Å². The van der Waals surface area contributed by atoms with Gasteiger partial charge in [0.2, 0.25) is 10.0 Å². The van der Waals surface area contributed by atoms with E-state index in [0.717, 1.165) is 6.26 Å². The van der Waals surface area contributed by atoms with E-state index in [1.165, 1.54) is 25.2 Å². The van der Waals surface area contributed by atoms with Gasteiger partial charge in [0.15, 0.2) is 0 Å². The molecule has 0 aromatic rings. The van der Waals surface area contributed by atoms with Crippen molar-refractivity contribution in [2.45, 2.75) is 18.6 Å². The van der Waals surface area contributed by atoms with Crippen LogP contribution in [0.2, 0.25) is 0 Å². The van der Waals surface area contributed by atoms with Gasteiger partial charge in [0.25, 0.3) is 0 Å². The second kappa shape index (κ2) is 3.80. The molecule has 0 heterocycles.